The molecular formula is C40H64O. The summed E-state index contributed by atoms with van der Waals surface area (Å²) < 4.78 is 0. The fourth-order valence-electron chi connectivity index (χ4n) is 4.35. The van der Waals surface area contributed by atoms with Crippen molar-refractivity contribution in [1.82, 2.24) is 0 Å². The van der Waals surface area contributed by atoms with Crippen molar-refractivity contribution < 1.29 is 5.11 Å². The first-order valence-electron chi connectivity index (χ1n) is 16.0. The van der Waals surface area contributed by atoms with Crippen molar-refractivity contribution >= 4 is 0 Å². The highest BCUT2D eigenvalue weighted by Crippen LogP contribution is 2.17. The summed E-state index contributed by atoms with van der Waals surface area (Å²) in [7, 11) is 0. The average molecular weight is 561 g/mol. The maximum absolute atomic E-state index is 9.83. The van der Waals surface area contributed by atoms with Crippen LogP contribution in [0, 0.1) is 0 Å². The molecule has 1 heteroatoms. The van der Waals surface area contributed by atoms with Crippen LogP contribution in [0.5, 0.6) is 0 Å². The van der Waals surface area contributed by atoms with E-state index in [1.807, 2.05) is 13.8 Å². The van der Waals surface area contributed by atoms with E-state index in [-0.39, 0.29) is 0 Å². The fraction of sp³-hybridized carbons (Fsp3) is 0.550. The molecule has 0 aromatic carbocycles. The Morgan fingerprint density at radius 3 is 1.41 bits per heavy atom. The van der Waals surface area contributed by atoms with Gasteiger partial charge in [-0.2, -0.15) is 0 Å². The molecule has 0 radical (unpaired) electrons. The van der Waals surface area contributed by atoms with Gasteiger partial charge in [0.2, 0.25) is 0 Å². The molecule has 0 fully saturated rings. The Kier molecular flexibility index (Phi) is 21.9. The molecule has 0 bridgehead atoms. The van der Waals surface area contributed by atoms with Crippen LogP contribution in [0.3, 0.4) is 0 Å². The number of rotatable bonds is 20. The Morgan fingerprint density at radius 2 is 0.927 bits per heavy atom. The zero-order valence-electron chi connectivity index (χ0n) is 28.6. The molecule has 0 spiro atoms. The Bertz CT molecular complexity index is 1000. The van der Waals surface area contributed by atoms with Crippen LogP contribution in [0.25, 0.3) is 0 Å². The van der Waals surface area contributed by atoms with Gasteiger partial charge >= 0.3 is 0 Å². The summed E-state index contributed by atoms with van der Waals surface area (Å²) >= 11 is 0. The number of hydrogen-bond acceptors (Lipinski definition) is 1. The van der Waals surface area contributed by atoms with E-state index in [1.54, 1.807) is 0 Å². The lowest BCUT2D eigenvalue weighted by atomic mass is 9.99. The molecule has 1 N–H and O–H groups in total. The van der Waals surface area contributed by atoms with E-state index in [1.165, 1.54) is 45.4 Å². The Hall–Kier alpha value is -2.38. The van der Waals surface area contributed by atoms with Crippen LogP contribution in [0.4, 0.5) is 0 Å². The van der Waals surface area contributed by atoms with Crippen LogP contribution in [0.15, 0.2) is 106 Å². The van der Waals surface area contributed by atoms with Crippen molar-refractivity contribution in [3.05, 3.63) is 106 Å². The molecule has 0 aliphatic rings. The van der Waals surface area contributed by atoms with Crippen molar-refractivity contribution in [1.29, 1.82) is 0 Å². The summed E-state index contributed by atoms with van der Waals surface area (Å²) in [5, 5.41) is 9.83. The van der Waals surface area contributed by atoms with Crippen molar-refractivity contribution in [2.45, 2.75) is 145 Å². The molecule has 1 nitrogen and oxygen atoms in total. The van der Waals surface area contributed by atoms with Crippen LogP contribution in [0.2, 0.25) is 0 Å². The van der Waals surface area contributed by atoms with E-state index in [0.717, 1.165) is 64.2 Å². The van der Waals surface area contributed by atoms with Crippen LogP contribution in [0.1, 0.15) is 140 Å². The number of aliphatic hydroxyl groups is 1. The van der Waals surface area contributed by atoms with Crippen molar-refractivity contribution in [3.63, 3.8) is 0 Å². The van der Waals surface area contributed by atoms with Gasteiger partial charge < -0.3 is 5.11 Å². The van der Waals surface area contributed by atoms with Gasteiger partial charge in [-0.25, -0.2) is 0 Å². The van der Waals surface area contributed by atoms with Gasteiger partial charge in [0.25, 0.3) is 0 Å². The van der Waals surface area contributed by atoms with Gasteiger partial charge in [-0.15, -0.1) is 0 Å². The molecular weight excluding hydrogens is 496 g/mol. The van der Waals surface area contributed by atoms with Crippen molar-refractivity contribution in [2.24, 2.45) is 0 Å². The minimum absolute atomic E-state index is 0.552. The second-order valence-electron chi connectivity index (χ2n) is 12.9. The summed E-state index contributed by atoms with van der Waals surface area (Å²) in [6.45, 7) is 21.4. The molecule has 0 saturated heterocycles. The van der Waals surface area contributed by atoms with E-state index < -0.39 is 5.60 Å². The quantitative estimate of drug-likeness (QED) is 0.116. The molecule has 0 heterocycles. The van der Waals surface area contributed by atoms with E-state index in [4.69, 9.17) is 0 Å². The standard InChI is InChI=1S/C40H64O/c1-33(2)19-13-22-36(5)25-16-28-37(6)26-14-23-34(3)20-11-12-21-35(4)24-15-27-38(7)29-17-30-39(8)31-18-32-40(9,10)41/h11-12,15,19-21,24-27,30,41H,13-14,16-18,22-23,28-29,31-32H2,1-10H3/b12-11+,24-15+,34-20+,35-21+,36-25+,37-26+,38-27+,39-30+. The lowest BCUT2D eigenvalue weighted by molar-refractivity contribution is 0.0689. The van der Waals surface area contributed by atoms with Gasteiger partial charge in [0, 0.05) is 0 Å². The predicted octanol–water partition coefficient (Wildman–Crippen LogP) is 12.8. The molecule has 0 amide bonds. The first-order chi connectivity index (χ1) is 19.3. The maximum Gasteiger partial charge on any atom is 0.0591 e. The summed E-state index contributed by atoms with van der Waals surface area (Å²) in [4.78, 5) is 0. The largest absolute Gasteiger partial charge is 0.390 e. The number of hydrogen-bond donors (Lipinski definition) is 1. The molecule has 0 aromatic heterocycles. The van der Waals surface area contributed by atoms with Crippen molar-refractivity contribution in [3.8, 4) is 0 Å². The Labute approximate surface area is 256 Å². The average Bonchev–Trinajstić information content (AvgIpc) is 2.85. The molecule has 0 atom stereocenters. The van der Waals surface area contributed by atoms with Gasteiger partial charge in [-0.3, -0.25) is 0 Å². The predicted molar refractivity (Wildman–Crippen MR) is 187 cm³/mol. The SMILES string of the molecule is CC(C)=CCC/C(C)=C/CC/C(C)=C/CC/C(C)=C/C=C/C=C(C)/C=C/C=C(\C)CC/C=C(\C)CCCC(C)(C)O. The summed E-state index contributed by atoms with van der Waals surface area (Å²) in [5.74, 6) is 0. The monoisotopic (exact) mass is 560 g/mol. The molecule has 41 heavy (non-hydrogen) atoms. The molecule has 0 aromatic rings. The lowest BCUT2D eigenvalue weighted by Gasteiger charge is -2.16. The van der Waals surface area contributed by atoms with Crippen LogP contribution in [-0.4, -0.2) is 10.7 Å². The highest BCUT2D eigenvalue weighted by Gasteiger charge is 2.11. The third-order valence-corrected chi connectivity index (χ3v) is 7.14. The molecule has 0 aliphatic heterocycles. The Morgan fingerprint density at radius 1 is 0.512 bits per heavy atom. The minimum Gasteiger partial charge on any atom is -0.390 e. The topological polar surface area (TPSA) is 20.2 Å². The summed E-state index contributed by atoms with van der Waals surface area (Å²) in [6, 6.07) is 0. The third-order valence-electron chi connectivity index (χ3n) is 7.14. The van der Waals surface area contributed by atoms with E-state index in [9.17, 15) is 5.11 Å². The zero-order chi connectivity index (χ0) is 31.1. The highest BCUT2D eigenvalue weighted by molar-refractivity contribution is 5.27. The smallest absolute Gasteiger partial charge is 0.0591 e. The molecule has 0 saturated carbocycles. The summed E-state index contributed by atoms with van der Waals surface area (Å²) in [6.07, 6.45) is 36.8. The Balaban J connectivity index is 4.38. The maximum atomic E-state index is 9.83. The van der Waals surface area contributed by atoms with E-state index in [0.29, 0.717) is 0 Å². The third kappa shape index (κ3) is 27.6. The van der Waals surface area contributed by atoms with E-state index in [2.05, 4.69) is 122 Å². The molecule has 0 aliphatic carbocycles. The molecule has 0 unspecified atom stereocenters. The molecule has 230 valence electrons. The first-order valence-corrected chi connectivity index (χ1v) is 16.0. The lowest BCUT2D eigenvalue weighted by Crippen LogP contribution is -2.17. The second-order valence-corrected chi connectivity index (χ2v) is 12.9. The van der Waals surface area contributed by atoms with Crippen LogP contribution < -0.4 is 0 Å². The molecule has 0 rings (SSSR count). The first kappa shape index (κ1) is 38.6. The summed E-state index contributed by atoms with van der Waals surface area (Å²) in [5.41, 5.74) is 9.37. The van der Waals surface area contributed by atoms with Crippen LogP contribution in [-0.2, 0) is 0 Å². The van der Waals surface area contributed by atoms with Gasteiger partial charge in [-0.05, 0) is 140 Å². The fourth-order valence-corrected chi connectivity index (χ4v) is 4.35. The van der Waals surface area contributed by atoms with Gasteiger partial charge in [-0.1, -0.05) is 106 Å². The zero-order valence-corrected chi connectivity index (χ0v) is 28.6. The second kappa shape index (κ2) is 23.2. The van der Waals surface area contributed by atoms with Gasteiger partial charge in [0.1, 0.15) is 0 Å². The number of allylic oxidation sites excluding steroid dienone is 18. The van der Waals surface area contributed by atoms with Gasteiger partial charge in [0.15, 0.2) is 0 Å². The van der Waals surface area contributed by atoms with Crippen molar-refractivity contribution in [2.75, 3.05) is 0 Å². The van der Waals surface area contributed by atoms with E-state index >= 15 is 0 Å². The normalized spacial score (nSPS) is 15.0. The highest BCUT2D eigenvalue weighted by atomic mass is 16.3. The van der Waals surface area contributed by atoms with Gasteiger partial charge in [0.05, 0.1) is 5.60 Å². The minimum atomic E-state index is -0.552. The van der Waals surface area contributed by atoms with Crippen LogP contribution >= 0.6 is 0 Å².